The molecule has 0 N–H and O–H groups in total. The van der Waals surface area contributed by atoms with E-state index >= 15 is 0 Å². The zero-order chi connectivity index (χ0) is 31.9. The highest BCUT2D eigenvalue weighted by atomic mass is 15.0. The van der Waals surface area contributed by atoms with Crippen molar-refractivity contribution in [3.8, 4) is 56.7 Å². The molecule has 0 aliphatic carbocycles. The Kier molecular flexibility index (Phi) is 6.72. The molecule has 0 saturated heterocycles. The van der Waals surface area contributed by atoms with Gasteiger partial charge in [-0.05, 0) is 29.0 Å². The van der Waals surface area contributed by atoms with E-state index in [2.05, 4.69) is 91.0 Å². The Labute approximate surface area is 277 Å². The summed E-state index contributed by atoms with van der Waals surface area (Å²) >= 11 is 0. The van der Waals surface area contributed by atoms with Crippen LogP contribution in [0, 0.1) is 0 Å². The van der Waals surface area contributed by atoms with Gasteiger partial charge >= 0.3 is 0 Å². The molecule has 0 spiro atoms. The minimum Gasteiger partial charge on any atom is -0.245 e. The predicted octanol–water partition coefficient (Wildman–Crippen LogP) is 10.5. The van der Waals surface area contributed by atoms with E-state index < -0.39 is 0 Å². The molecule has 3 heterocycles. The summed E-state index contributed by atoms with van der Waals surface area (Å²) in [5.74, 6) is 1.87. The second kappa shape index (κ2) is 11.6. The van der Waals surface area contributed by atoms with Crippen molar-refractivity contribution in [3.05, 3.63) is 164 Å². The van der Waals surface area contributed by atoms with Gasteiger partial charge in [-0.2, -0.15) is 0 Å². The lowest BCUT2D eigenvalue weighted by Crippen LogP contribution is -2.00. The molecule has 5 nitrogen and oxygen atoms in total. The zero-order valence-corrected chi connectivity index (χ0v) is 25.8. The van der Waals surface area contributed by atoms with E-state index in [-0.39, 0.29) is 0 Å². The summed E-state index contributed by atoms with van der Waals surface area (Å²) in [4.78, 5) is 25.1. The van der Waals surface area contributed by atoms with Crippen molar-refractivity contribution in [3.63, 3.8) is 0 Å². The third-order valence-corrected chi connectivity index (χ3v) is 8.70. The third kappa shape index (κ3) is 5.04. The van der Waals surface area contributed by atoms with Gasteiger partial charge in [0.15, 0.2) is 17.5 Å². The van der Waals surface area contributed by atoms with Gasteiger partial charge in [-0.15, -0.1) is 0 Å². The second-order valence-corrected chi connectivity index (χ2v) is 11.7. The molecule has 0 unspecified atom stereocenters. The second-order valence-electron chi connectivity index (χ2n) is 11.7. The monoisotopic (exact) mass is 613 g/mol. The molecule has 0 saturated carbocycles. The number of nitrogens with zero attached hydrogens (tertiary/aromatic N) is 5. The van der Waals surface area contributed by atoms with Crippen LogP contribution in [0.25, 0.3) is 89.3 Å². The van der Waals surface area contributed by atoms with Crippen molar-refractivity contribution in [1.29, 1.82) is 0 Å². The SMILES string of the molecule is c1ccc(-c2nc(-c3ccccc3)nc(-c3cccc(-c4ccc5ccc6ccc(-c7cccc8ccccc78)nc6c5n4)c3)n2)cc1. The van der Waals surface area contributed by atoms with Gasteiger partial charge in [0.1, 0.15) is 0 Å². The summed E-state index contributed by atoms with van der Waals surface area (Å²) < 4.78 is 0. The molecule has 0 radical (unpaired) electrons. The maximum Gasteiger partial charge on any atom is 0.164 e. The Morgan fingerprint density at radius 3 is 1.46 bits per heavy atom. The Morgan fingerprint density at radius 2 is 0.771 bits per heavy atom. The molecule has 3 aromatic heterocycles. The van der Waals surface area contributed by atoms with Crippen LogP contribution in [0.15, 0.2) is 164 Å². The first-order valence-corrected chi connectivity index (χ1v) is 15.9. The number of rotatable bonds is 5. The smallest absolute Gasteiger partial charge is 0.164 e. The van der Waals surface area contributed by atoms with E-state index in [0.29, 0.717) is 17.5 Å². The summed E-state index contributed by atoms with van der Waals surface area (Å²) in [6.45, 7) is 0. The van der Waals surface area contributed by atoms with Crippen LogP contribution in [0.4, 0.5) is 0 Å². The summed E-state index contributed by atoms with van der Waals surface area (Å²) in [5, 5.41) is 4.47. The van der Waals surface area contributed by atoms with Gasteiger partial charge in [0.25, 0.3) is 0 Å². The summed E-state index contributed by atoms with van der Waals surface area (Å²) in [6, 6.07) is 55.8. The summed E-state index contributed by atoms with van der Waals surface area (Å²) in [6.07, 6.45) is 0. The molecule has 5 heteroatoms. The van der Waals surface area contributed by atoms with Crippen LogP contribution in [-0.4, -0.2) is 24.9 Å². The van der Waals surface area contributed by atoms with Gasteiger partial charge in [0, 0.05) is 38.6 Å². The van der Waals surface area contributed by atoms with E-state index in [1.54, 1.807) is 0 Å². The van der Waals surface area contributed by atoms with Crippen LogP contribution in [0.5, 0.6) is 0 Å². The highest BCUT2D eigenvalue weighted by Crippen LogP contribution is 2.33. The molecule has 0 fully saturated rings. The van der Waals surface area contributed by atoms with E-state index in [4.69, 9.17) is 24.9 Å². The molecule has 0 aliphatic rings. The van der Waals surface area contributed by atoms with Crippen LogP contribution >= 0.6 is 0 Å². The van der Waals surface area contributed by atoms with Crippen LogP contribution in [0.3, 0.4) is 0 Å². The van der Waals surface area contributed by atoms with Gasteiger partial charge in [-0.3, -0.25) is 0 Å². The van der Waals surface area contributed by atoms with Gasteiger partial charge in [0.2, 0.25) is 0 Å². The molecule has 0 aliphatic heterocycles. The van der Waals surface area contributed by atoms with E-state index in [1.807, 2.05) is 72.8 Å². The highest BCUT2D eigenvalue weighted by Gasteiger charge is 2.14. The first-order chi connectivity index (χ1) is 23.8. The fourth-order valence-corrected chi connectivity index (χ4v) is 6.28. The lowest BCUT2D eigenvalue weighted by molar-refractivity contribution is 1.07. The van der Waals surface area contributed by atoms with Gasteiger partial charge in [0.05, 0.1) is 22.4 Å². The lowest BCUT2D eigenvalue weighted by Gasteiger charge is -2.11. The summed E-state index contributed by atoms with van der Waals surface area (Å²) in [7, 11) is 0. The van der Waals surface area contributed by atoms with Crippen molar-refractivity contribution in [2.45, 2.75) is 0 Å². The van der Waals surface area contributed by atoms with Crippen LogP contribution in [0.2, 0.25) is 0 Å². The van der Waals surface area contributed by atoms with Gasteiger partial charge in [-0.25, -0.2) is 24.9 Å². The van der Waals surface area contributed by atoms with Crippen molar-refractivity contribution in [1.82, 2.24) is 24.9 Å². The van der Waals surface area contributed by atoms with Crippen molar-refractivity contribution >= 4 is 32.6 Å². The Hall–Kier alpha value is -6.59. The first-order valence-electron chi connectivity index (χ1n) is 15.9. The average molecular weight is 614 g/mol. The fraction of sp³-hybridized carbons (Fsp3) is 0. The Morgan fingerprint density at radius 1 is 0.292 bits per heavy atom. The van der Waals surface area contributed by atoms with Crippen molar-refractivity contribution in [2.75, 3.05) is 0 Å². The predicted molar refractivity (Wildman–Crippen MR) is 195 cm³/mol. The minimum atomic E-state index is 0.609. The normalized spacial score (nSPS) is 11.3. The first kappa shape index (κ1) is 27.7. The molecule has 9 aromatic rings. The molecular formula is C43H27N5. The maximum absolute atomic E-state index is 5.22. The Balaban J connectivity index is 1.17. The number of pyridine rings is 2. The highest BCUT2D eigenvalue weighted by molar-refractivity contribution is 6.05. The van der Waals surface area contributed by atoms with Crippen molar-refractivity contribution in [2.24, 2.45) is 0 Å². The lowest BCUT2D eigenvalue weighted by atomic mass is 10.0. The zero-order valence-electron chi connectivity index (χ0n) is 25.8. The molecule has 48 heavy (non-hydrogen) atoms. The van der Waals surface area contributed by atoms with Gasteiger partial charge in [-0.1, -0.05) is 146 Å². The van der Waals surface area contributed by atoms with E-state index in [9.17, 15) is 0 Å². The van der Waals surface area contributed by atoms with E-state index in [0.717, 1.165) is 61.0 Å². The third-order valence-electron chi connectivity index (χ3n) is 8.70. The van der Waals surface area contributed by atoms with Crippen molar-refractivity contribution < 1.29 is 0 Å². The quantitative estimate of drug-likeness (QED) is 0.181. The largest absolute Gasteiger partial charge is 0.245 e. The summed E-state index contributed by atoms with van der Waals surface area (Å²) in [5.41, 5.74) is 8.39. The molecule has 224 valence electrons. The minimum absolute atomic E-state index is 0.609. The number of aromatic nitrogens is 5. The maximum atomic E-state index is 5.22. The van der Waals surface area contributed by atoms with E-state index in [1.165, 1.54) is 10.8 Å². The molecule has 9 rings (SSSR count). The topological polar surface area (TPSA) is 64.5 Å². The average Bonchev–Trinajstić information content (AvgIpc) is 3.18. The number of hydrogen-bond donors (Lipinski definition) is 0. The van der Waals surface area contributed by atoms with Gasteiger partial charge < -0.3 is 0 Å². The van der Waals surface area contributed by atoms with Crippen LogP contribution in [-0.2, 0) is 0 Å². The number of fused-ring (bicyclic) bond motifs is 4. The van der Waals surface area contributed by atoms with Crippen LogP contribution < -0.4 is 0 Å². The Bertz CT molecular complexity index is 2550. The number of benzene rings is 6. The molecule has 6 aromatic carbocycles. The fourth-order valence-electron chi connectivity index (χ4n) is 6.28. The van der Waals surface area contributed by atoms with Crippen LogP contribution in [0.1, 0.15) is 0 Å². The molecule has 0 amide bonds. The number of hydrogen-bond acceptors (Lipinski definition) is 5. The molecular weight excluding hydrogens is 587 g/mol. The molecule has 0 bridgehead atoms. The molecule has 0 atom stereocenters. The standard InChI is InChI=1S/C43H27N5/c1-3-12-31(13-4-1)41-46-42(32-14-5-2-6-15-32)48-43(47-41)34-18-9-17-33(27-34)37-25-23-29-21-22-30-24-26-38(45-40(30)39(29)44-37)36-20-10-16-28-11-7-8-19-35(28)36/h1-27H.